The van der Waals surface area contributed by atoms with Crippen molar-refractivity contribution in [1.82, 2.24) is 25.3 Å². The molecule has 1 N–H and O–H groups in total. The van der Waals surface area contributed by atoms with E-state index in [-0.39, 0.29) is 11.8 Å². The van der Waals surface area contributed by atoms with Gasteiger partial charge in [0.05, 0.1) is 17.5 Å². The lowest BCUT2D eigenvalue weighted by atomic mass is 9.97. The van der Waals surface area contributed by atoms with Crippen molar-refractivity contribution < 1.29 is 9.32 Å². The van der Waals surface area contributed by atoms with Gasteiger partial charge in [-0.05, 0) is 74.5 Å². The van der Waals surface area contributed by atoms with Crippen molar-refractivity contribution in [3.05, 3.63) is 70.6 Å². The normalized spacial score (nSPS) is 19.7. The number of likely N-dealkylation sites (tertiary alicyclic amines) is 2. The highest BCUT2D eigenvalue weighted by Crippen LogP contribution is 2.26. The number of aromatic nitrogens is 2. The summed E-state index contributed by atoms with van der Waals surface area (Å²) in [4.78, 5) is 22.3. The molecule has 7 nitrogen and oxygen atoms in total. The Balaban J connectivity index is 1.11. The van der Waals surface area contributed by atoms with Gasteiger partial charge in [0.15, 0.2) is 0 Å². The van der Waals surface area contributed by atoms with Crippen molar-refractivity contribution in [3.63, 3.8) is 0 Å². The highest BCUT2D eigenvalue weighted by Gasteiger charge is 2.27. The van der Waals surface area contributed by atoms with Gasteiger partial charge in [-0.15, -0.1) is 0 Å². The molecule has 8 heteroatoms. The van der Waals surface area contributed by atoms with Crippen LogP contribution in [-0.2, 0) is 24.4 Å². The number of carbonyl (C=O) groups is 1. The number of carbonyl (C=O) groups excluding carboxylic acids is 1. The first-order valence-corrected chi connectivity index (χ1v) is 13.8. The lowest BCUT2D eigenvalue weighted by Gasteiger charge is -2.31. The van der Waals surface area contributed by atoms with Gasteiger partial charge in [-0.3, -0.25) is 14.6 Å². The van der Waals surface area contributed by atoms with Crippen molar-refractivity contribution in [2.24, 2.45) is 11.8 Å². The molecule has 0 radical (unpaired) electrons. The zero-order valence-corrected chi connectivity index (χ0v) is 22.3. The third kappa shape index (κ3) is 6.98. The van der Waals surface area contributed by atoms with Gasteiger partial charge in [0.25, 0.3) is 0 Å². The number of benzene rings is 2. The largest absolute Gasteiger partial charge is 0.352 e. The number of hydrogen-bond donors (Lipinski definition) is 1. The van der Waals surface area contributed by atoms with Crippen LogP contribution in [0.25, 0.3) is 11.4 Å². The summed E-state index contributed by atoms with van der Waals surface area (Å²) < 4.78 is 5.48. The van der Waals surface area contributed by atoms with Gasteiger partial charge < -0.3 is 9.84 Å². The Morgan fingerprint density at radius 2 is 1.84 bits per heavy atom. The van der Waals surface area contributed by atoms with E-state index in [0.717, 1.165) is 43.0 Å². The Labute approximate surface area is 224 Å². The molecule has 3 aromatic rings. The Kier molecular flexibility index (Phi) is 8.54. The molecule has 2 fully saturated rings. The topological polar surface area (TPSA) is 74.5 Å². The Morgan fingerprint density at radius 1 is 1.03 bits per heavy atom. The molecule has 0 bridgehead atoms. The molecule has 196 valence electrons. The van der Waals surface area contributed by atoms with E-state index in [9.17, 15) is 4.79 Å². The van der Waals surface area contributed by atoms with Crippen LogP contribution in [0.4, 0.5) is 0 Å². The fourth-order valence-electron chi connectivity index (χ4n) is 5.33. The van der Waals surface area contributed by atoms with Gasteiger partial charge in [-0.1, -0.05) is 60.1 Å². The number of rotatable bonds is 8. The molecule has 5 rings (SSSR count). The molecule has 37 heavy (non-hydrogen) atoms. The molecule has 0 saturated carbocycles. The standard InChI is InChI=1S/C29H36ClN5O2/c1-21-11-14-34(15-12-21)18-23-7-4-6-22(16-23)17-31-29(36)24-8-5-13-35(19-24)20-27-32-28(33-37-27)25-9-2-3-10-26(25)30/h2-4,6-7,9-10,16,21,24H,5,8,11-15,17-20H2,1H3,(H,31,36). The summed E-state index contributed by atoms with van der Waals surface area (Å²) in [5.74, 6) is 1.94. The quantitative estimate of drug-likeness (QED) is 0.442. The maximum Gasteiger partial charge on any atom is 0.241 e. The van der Waals surface area contributed by atoms with Crippen molar-refractivity contribution in [2.45, 2.75) is 52.2 Å². The van der Waals surface area contributed by atoms with E-state index >= 15 is 0 Å². The van der Waals surface area contributed by atoms with Crippen molar-refractivity contribution in [3.8, 4) is 11.4 Å². The summed E-state index contributed by atoms with van der Waals surface area (Å²) in [5, 5.41) is 7.87. The van der Waals surface area contributed by atoms with E-state index in [1.54, 1.807) is 0 Å². The van der Waals surface area contributed by atoms with Crippen LogP contribution in [-0.4, -0.2) is 52.0 Å². The zero-order chi connectivity index (χ0) is 25.6. The number of nitrogens with one attached hydrogen (secondary N) is 1. The molecule has 1 aromatic heterocycles. The second-order valence-electron chi connectivity index (χ2n) is 10.6. The average Bonchev–Trinajstić information content (AvgIpc) is 3.37. The minimum atomic E-state index is -0.0433. The molecule has 0 spiro atoms. The molecule has 3 heterocycles. The predicted molar refractivity (Wildman–Crippen MR) is 145 cm³/mol. The second-order valence-corrected chi connectivity index (χ2v) is 11.0. The van der Waals surface area contributed by atoms with E-state index < -0.39 is 0 Å². The summed E-state index contributed by atoms with van der Waals surface area (Å²) in [6.07, 6.45) is 4.42. The molecular formula is C29H36ClN5O2. The minimum Gasteiger partial charge on any atom is -0.352 e. The predicted octanol–water partition coefficient (Wildman–Crippen LogP) is 5.15. The van der Waals surface area contributed by atoms with E-state index in [2.05, 4.69) is 56.4 Å². The van der Waals surface area contributed by atoms with Crippen molar-refractivity contribution in [2.75, 3.05) is 26.2 Å². The number of halogens is 1. The first kappa shape index (κ1) is 25.9. The molecule has 0 aliphatic carbocycles. The number of hydrogen-bond acceptors (Lipinski definition) is 6. The van der Waals surface area contributed by atoms with Crippen LogP contribution in [0.15, 0.2) is 53.1 Å². The minimum absolute atomic E-state index is 0.0433. The van der Waals surface area contributed by atoms with E-state index in [4.69, 9.17) is 16.1 Å². The van der Waals surface area contributed by atoms with Gasteiger partial charge in [0.2, 0.25) is 17.6 Å². The fraction of sp³-hybridized carbons (Fsp3) is 0.483. The Hall–Kier alpha value is -2.74. The smallest absolute Gasteiger partial charge is 0.241 e. The molecule has 2 saturated heterocycles. The van der Waals surface area contributed by atoms with Crippen LogP contribution in [0.2, 0.25) is 5.02 Å². The van der Waals surface area contributed by atoms with E-state index in [0.29, 0.717) is 36.4 Å². The Morgan fingerprint density at radius 3 is 2.68 bits per heavy atom. The maximum absolute atomic E-state index is 13.0. The average molecular weight is 522 g/mol. The SMILES string of the molecule is CC1CCN(Cc2cccc(CNC(=O)C3CCCN(Cc4nc(-c5ccccc5Cl)no4)C3)c2)CC1. The molecule has 2 aliphatic heterocycles. The van der Waals surface area contributed by atoms with Crippen LogP contribution in [0, 0.1) is 11.8 Å². The molecule has 1 atom stereocenters. The zero-order valence-electron chi connectivity index (χ0n) is 21.5. The van der Waals surface area contributed by atoms with Crippen LogP contribution in [0.1, 0.15) is 49.6 Å². The molecular weight excluding hydrogens is 486 g/mol. The first-order chi connectivity index (χ1) is 18.0. The Bertz CT molecular complexity index is 1190. The van der Waals surface area contributed by atoms with Crippen LogP contribution >= 0.6 is 11.6 Å². The summed E-state index contributed by atoms with van der Waals surface area (Å²) in [6.45, 7) is 8.35. The van der Waals surface area contributed by atoms with E-state index in [1.165, 1.54) is 31.5 Å². The first-order valence-electron chi connectivity index (χ1n) is 13.4. The number of piperidine rings is 2. The van der Waals surface area contributed by atoms with Crippen LogP contribution in [0.5, 0.6) is 0 Å². The van der Waals surface area contributed by atoms with Crippen LogP contribution in [0.3, 0.4) is 0 Å². The van der Waals surface area contributed by atoms with Gasteiger partial charge >= 0.3 is 0 Å². The van der Waals surface area contributed by atoms with Crippen molar-refractivity contribution >= 4 is 17.5 Å². The summed E-state index contributed by atoms with van der Waals surface area (Å²) >= 11 is 6.27. The van der Waals surface area contributed by atoms with Crippen molar-refractivity contribution in [1.29, 1.82) is 0 Å². The summed E-state index contributed by atoms with van der Waals surface area (Å²) in [5.41, 5.74) is 3.23. The number of amides is 1. The molecule has 1 amide bonds. The molecule has 1 unspecified atom stereocenters. The van der Waals surface area contributed by atoms with Gasteiger partial charge in [-0.25, -0.2) is 0 Å². The number of nitrogens with zero attached hydrogens (tertiary/aromatic N) is 4. The van der Waals surface area contributed by atoms with Gasteiger partial charge in [0, 0.05) is 25.2 Å². The van der Waals surface area contributed by atoms with E-state index in [1.807, 2.05) is 24.3 Å². The molecule has 2 aliphatic rings. The highest BCUT2D eigenvalue weighted by molar-refractivity contribution is 6.33. The monoisotopic (exact) mass is 521 g/mol. The third-order valence-electron chi connectivity index (χ3n) is 7.56. The fourth-order valence-corrected chi connectivity index (χ4v) is 5.55. The third-order valence-corrected chi connectivity index (χ3v) is 7.89. The van der Waals surface area contributed by atoms with Gasteiger partial charge in [-0.2, -0.15) is 4.98 Å². The van der Waals surface area contributed by atoms with Gasteiger partial charge in [0.1, 0.15) is 0 Å². The molecule has 2 aromatic carbocycles. The second kappa shape index (κ2) is 12.2. The van der Waals surface area contributed by atoms with Crippen LogP contribution < -0.4 is 5.32 Å². The lowest BCUT2D eigenvalue weighted by Crippen LogP contribution is -2.42. The summed E-state index contributed by atoms with van der Waals surface area (Å²) in [6, 6.07) is 16.1. The lowest BCUT2D eigenvalue weighted by molar-refractivity contribution is -0.127. The summed E-state index contributed by atoms with van der Waals surface area (Å²) in [7, 11) is 0. The highest BCUT2D eigenvalue weighted by atomic mass is 35.5. The maximum atomic E-state index is 13.0.